The maximum absolute atomic E-state index is 12.2. The van der Waals surface area contributed by atoms with Crippen LogP contribution in [0.2, 0.25) is 0 Å². The molecule has 2 N–H and O–H groups in total. The number of hydrogen-bond donors (Lipinski definition) is 2. The van der Waals surface area contributed by atoms with Crippen molar-refractivity contribution in [2.24, 2.45) is 0 Å². The smallest absolute Gasteiger partial charge is 0.229 e. The summed E-state index contributed by atoms with van der Waals surface area (Å²) in [5.41, 5.74) is 1.83. The highest BCUT2D eigenvalue weighted by Gasteiger charge is 2.08. The molecular formula is C18H22N2O5S. The van der Waals surface area contributed by atoms with E-state index >= 15 is 0 Å². The van der Waals surface area contributed by atoms with Crippen LogP contribution < -0.4 is 19.5 Å². The molecule has 0 bridgehead atoms. The molecule has 0 spiro atoms. The number of hydrogen-bond acceptors (Lipinski definition) is 5. The number of anilines is 2. The molecule has 2 aromatic carbocycles. The lowest BCUT2D eigenvalue weighted by molar-refractivity contribution is -0.116. The van der Waals surface area contributed by atoms with Crippen molar-refractivity contribution >= 4 is 27.3 Å². The molecule has 2 aromatic rings. The molecule has 0 aliphatic carbocycles. The average Bonchev–Trinajstić information content (AvgIpc) is 2.58. The number of rotatable bonds is 8. The molecule has 0 fully saturated rings. The summed E-state index contributed by atoms with van der Waals surface area (Å²) < 4.78 is 35.4. The second kappa shape index (κ2) is 8.57. The van der Waals surface area contributed by atoms with Gasteiger partial charge in [-0.25, -0.2) is 8.42 Å². The average molecular weight is 378 g/mol. The van der Waals surface area contributed by atoms with Crippen molar-refractivity contribution in [2.45, 2.75) is 12.8 Å². The molecule has 0 aliphatic heterocycles. The Bertz CT molecular complexity index is 859. The predicted molar refractivity (Wildman–Crippen MR) is 101 cm³/mol. The van der Waals surface area contributed by atoms with Crippen LogP contribution in [0, 0.1) is 0 Å². The number of benzene rings is 2. The quantitative estimate of drug-likeness (QED) is 0.736. The van der Waals surface area contributed by atoms with Gasteiger partial charge in [0.25, 0.3) is 0 Å². The number of sulfonamides is 1. The van der Waals surface area contributed by atoms with E-state index in [2.05, 4.69) is 10.0 Å². The molecule has 0 unspecified atom stereocenters. The van der Waals surface area contributed by atoms with Crippen molar-refractivity contribution in [3.8, 4) is 11.5 Å². The summed E-state index contributed by atoms with van der Waals surface area (Å²) >= 11 is 0. The van der Waals surface area contributed by atoms with Gasteiger partial charge in [-0.05, 0) is 42.3 Å². The first-order valence-electron chi connectivity index (χ1n) is 7.89. The lowest BCUT2D eigenvalue weighted by Crippen LogP contribution is -2.13. The van der Waals surface area contributed by atoms with E-state index in [0.717, 1.165) is 11.8 Å². The molecule has 8 heteroatoms. The number of nitrogens with one attached hydrogen (secondary N) is 2. The van der Waals surface area contributed by atoms with Gasteiger partial charge >= 0.3 is 0 Å². The number of carbonyl (C=O) groups excluding carboxylic acids is 1. The van der Waals surface area contributed by atoms with Crippen LogP contribution in [-0.2, 0) is 21.2 Å². The molecule has 1 amide bonds. The van der Waals surface area contributed by atoms with E-state index in [4.69, 9.17) is 9.47 Å². The fraction of sp³-hybridized carbons (Fsp3) is 0.278. The van der Waals surface area contributed by atoms with Crippen LogP contribution in [0.1, 0.15) is 12.0 Å². The van der Waals surface area contributed by atoms with Crippen LogP contribution in [0.5, 0.6) is 11.5 Å². The summed E-state index contributed by atoms with van der Waals surface area (Å²) in [5.74, 6) is 1.15. The molecule has 2 rings (SSSR count). The number of methoxy groups -OCH3 is 2. The van der Waals surface area contributed by atoms with Gasteiger partial charge in [-0.2, -0.15) is 0 Å². The van der Waals surface area contributed by atoms with Crippen molar-refractivity contribution in [1.82, 2.24) is 0 Å². The molecule has 0 radical (unpaired) electrons. The van der Waals surface area contributed by atoms with Gasteiger partial charge in [-0.1, -0.05) is 6.07 Å². The minimum atomic E-state index is -3.37. The van der Waals surface area contributed by atoms with Gasteiger partial charge < -0.3 is 14.8 Å². The van der Waals surface area contributed by atoms with E-state index in [-0.39, 0.29) is 12.3 Å². The summed E-state index contributed by atoms with van der Waals surface area (Å²) in [5, 5.41) is 2.76. The van der Waals surface area contributed by atoms with Crippen molar-refractivity contribution in [3.05, 3.63) is 48.0 Å². The van der Waals surface area contributed by atoms with Gasteiger partial charge in [-0.15, -0.1) is 0 Å². The molecule has 0 atom stereocenters. The lowest BCUT2D eigenvalue weighted by atomic mass is 10.1. The zero-order chi connectivity index (χ0) is 19.2. The highest BCUT2D eigenvalue weighted by molar-refractivity contribution is 7.92. The minimum absolute atomic E-state index is 0.178. The summed E-state index contributed by atoms with van der Waals surface area (Å²) in [7, 11) is -0.224. The second-order valence-corrected chi connectivity index (χ2v) is 7.47. The SMILES string of the molecule is COc1cc(CCC(=O)Nc2cccc(NS(C)(=O)=O)c2)cc(OC)c1. The first kappa shape index (κ1) is 19.6. The number of amides is 1. The monoisotopic (exact) mass is 378 g/mol. The van der Waals surface area contributed by atoms with E-state index in [1.54, 1.807) is 44.6 Å². The largest absolute Gasteiger partial charge is 0.497 e. The third-order valence-electron chi connectivity index (χ3n) is 3.50. The van der Waals surface area contributed by atoms with E-state index in [1.807, 2.05) is 12.1 Å². The molecule has 0 saturated heterocycles. The highest BCUT2D eigenvalue weighted by Crippen LogP contribution is 2.23. The molecule has 0 heterocycles. The Hall–Kier alpha value is -2.74. The lowest BCUT2D eigenvalue weighted by Gasteiger charge is -2.10. The predicted octanol–water partition coefficient (Wildman–Crippen LogP) is 2.65. The number of carbonyl (C=O) groups is 1. The maximum atomic E-state index is 12.2. The normalized spacial score (nSPS) is 10.9. The summed E-state index contributed by atoms with van der Waals surface area (Å²) in [4.78, 5) is 12.2. The van der Waals surface area contributed by atoms with Crippen LogP contribution in [0.3, 0.4) is 0 Å². The van der Waals surface area contributed by atoms with E-state index < -0.39 is 10.0 Å². The topological polar surface area (TPSA) is 93.7 Å². The van der Waals surface area contributed by atoms with Gasteiger partial charge in [0.2, 0.25) is 15.9 Å². The van der Waals surface area contributed by atoms with Gasteiger partial charge in [0, 0.05) is 18.2 Å². The summed E-state index contributed by atoms with van der Waals surface area (Å²) in [6.07, 6.45) is 1.85. The van der Waals surface area contributed by atoms with Crippen LogP contribution >= 0.6 is 0 Å². The zero-order valence-electron chi connectivity index (χ0n) is 14.9. The third kappa shape index (κ3) is 6.29. The molecule has 0 saturated carbocycles. The van der Waals surface area contributed by atoms with Crippen molar-refractivity contribution < 1.29 is 22.7 Å². The third-order valence-corrected chi connectivity index (χ3v) is 4.11. The van der Waals surface area contributed by atoms with Crippen LogP contribution in [0.15, 0.2) is 42.5 Å². The fourth-order valence-corrected chi connectivity index (χ4v) is 2.92. The summed E-state index contributed by atoms with van der Waals surface area (Å²) in [6, 6.07) is 12.0. The van der Waals surface area contributed by atoms with E-state index in [9.17, 15) is 13.2 Å². The first-order valence-corrected chi connectivity index (χ1v) is 9.78. The standard InChI is InChI=1S/C18H22N2O5S/c1-24-16-9-13(10-17(12-16)25-2)7-8-18(21)19-14-5-4-6-15(11-14)20-26(3,22)23/h4-6,9-12,20H,7-8H2,1-3H3,(H,19,21). The minimum Gasteiger partial charge on any atom is -0.497 e. The highest BCUT2D eigenvalue weighted by atomic mass is 32.2. The van der Waals surface area contributed by atoms with Crippen LogP contribution in [-0.4, -0.2) is 34.8 Å². The van der Waals surface area contributed by atoms with Gasteiger partial charge in [0.05, 0.1) is 26.2 Å². The fourth-order valence-electron chi connectivity index (χ4n) is 2.37. The second-order valence-electron chi connectivity index (χ2n) is 5.72. The Morgan fingerprint density at radius 3 is 2.19 bits per heavy atom. The molecule has 7 nitrogen and oxygen atoms in total. The zero-order valence-corrected chi connectivity index (χ0v) is 15.7. The maximum Gasteiger partial charge on any atom is 0.229 e. The Kier molecular flexibility index (Phi) is 6.46. The Morgan fingerprint density at radius 2 is 1.62 bits per heavy atom. The van der Waals surface area contributed by atoms with Gasteiger partial charge in [0.15, 0.2) is 0 Å². The van der Waals surface area contributed by atoms with Crippen molar-refractivity contribution in [1.29, 1.82) is 0 Å². The molecule has 140 valence electrons. The van der Waals surface area contributed by atoms with Gasteiger partial charge in [0.1, 0.15) is 11.5 Å². The van der Waals surface area contributed by atoms with Crippen molar-refractivity contribution in [3.63, 3.8) is 0 Å². The first-order chi connectivity index (χ1) is 12.3. The van der Waals surface area contributed by atoms with Gasteiger partial charge in [-0.3, -0.25) is 9.52 Å². The number of ether oxygens (including phenoxy) is 2. The molecule has 0 aliphatic rings. The molecule has 26 heavy (non-hydrogen) atoms. The van der Waals surface area contributed by atoms with Crippen LogP contribution in [0.4, 0.5) is 11.4 Å². The van der Waals surface area contributed by atoms with Crippen LogP contribution in [0.25, 0.3) is 0 Å². The molecular weight excluding hydrogens is 356 g/mol. The van der Waals surface area contributed by atoms with E-state index in [1.165, 1.54) is 0 Å². The van der Waals surface area contributed by atoms with Crippen molar-refractivity contribution in [2.75, 3.05) is 30.5 Å². The summed E-state index contributed by atoms with van der Waals surface area (Å²) in [6.45, 7) is 0. The Morgan fingerprint density at radius 1 is 1.00 bits per heavy atom. The molecule has 0 aromatic heterocycles. The number of aryl methyl sites for hydroxylation is 1. The van der Waals surface area contributed by atoms with E-state index in [0.29, 0.717) is 29.3 Å². The Balaban J connectivity index is 1.98. The Labute approximate surface area is 153 Å².